The Labute approximate surface area is 114 Å². The third-order valence-corrected chi connectivity index (χ3v) is 3.06. The summed E-state index contributed by atoms with van der Waals surface area (Å²) in [4.78, 5) is 4.01. The fourth-order valence-electron chi connectivity index (χ4n) is 2.02. The molecule has 0 radical (unpaired) electrons. The Morgan fingerprint density at radius 1 is 1.05 bits per heavy atom. The lowest BCUT2D eigenvalue weighted by Gasteiger charge is -2.16. The van der Waals surface area contributed by atoms with E-state index in [9.17, 15) is 0 Å². The van der Waals surface area contributed by atoms with Gasteiger partial charge in [-0.05, 0) is 36.1 Å². The zero-order chi connectivity index (χ0) is 13.3. The van der Waals surface area contributed by atoms with E-state index in [1.165, 1.54) is 5.56 Å². The number of ether oxygens (including phenoxy) is 1. The number of aryl methyl sites for hydroxylation is 1. The Morgan fingerprint density at radius 3 is 2.47 bits per heavy atom. The van der Waals surface area contributed by atoms with Crippen LogP contribution in [-0.4, -0.2) is 18.1 Å². The summed E-state index contributed by atoms with van der Waals surface area (Å²) in [7, 11) is 0. The van der Waals surface area contributed by atoms with Crippen LogP contribution in [0.5, 0.6) is 0 Å². The predicted octanol–water partition coefficient (Wildman–Crippen LogP) is 2.73. The second-order valence-corrected chi connectivity index (χ2v) is 4.46. The largest absolute Gasteiger partial charge is 0.372 e. The zero-order valence-electron chi connectivity index (χ0n) is 11.0. The molecule has 1 aromatic carbocycles. The second kappa shape index (κ2) is 7.67. The van der Waals surface area contributed by atoms with Gasteiger partial charge >= 0.3 is 0 Å². The molecular weight excluding hydrogens is 236 g/mol. The number of benzene rings is 1. The van der Waals surface area contributed by atoms with E-state index in [0.29, 0.717) is 6.54 Å². The molecule has 0 aliphatic rings. The minimum Gasteiger partial charge on any atom is -0.372 e. The molecule has 1 heterocycles. The highest BCUT2D eigenvalue weighted by Gasteiger charge is 2.08. The molecule has 2 N–H and O–H groups in total. The lowest BCUT2D eigenvalue weighted by Crippen LogP contribution is -2.16. The zero-order valence-corrected chi connectivity index (χ0v) is 11.0. The standard InChI is InChI=1S/C16H20N2O/c17-13-16(15-6-2-1-3-7-15)19-12-4-5-14-8-10-18-11-9-14/h1-3,6-11,16H,4-5,12-13,17H2. The summed E-state index contributed by atoms with van der Waals surface area (Å²) < 4.78 is 5.86. The Kier molecular flexibility index (Phi) is 5.53. The molecule has 0 aliphatic carbocycles. The summed E-state index contributed by atoms with van der Waals surface area (Å²) in [6.07, 6.45) is 5.65. The van der Waals surface area contributed by atoms with Crippen LogP contribution in [0.2, 0.25) is 0 Å². The third-order valence-electron chi connectivity index (χ3n) is 3.06. The summed E-state index contributed by atoms with van der Waals surface area (Å²) in [5.74, 6) is 0. The molecule has 2 aromatic rings. The van der Waals surface area contributed by atoms with Crippen LogP contribution in [0.3, 0.4) is 0 Å². The molecule has 0 aliphatic heterocycles. The molecule has 19 heavy (non-hydrogen) atoms. The maximum Gasteiger partial charge on any atom is 0.0947 e. The highest BCUT2D eigenvalue weighted by atomic mass is 16.5. The van der Waals surface area contributed by atoms with Crippen molar-refractivity contribution < 1.29 is 4.74 Å². The Balaban J connectivity index is 1.75. The number of pyridine rings is 1. The lowest BCUT2D eigenvalue weighted by atomic mass is 10.1. The van der Waals surface area contributed by atoms with Crippen LogP contribution in [0, 0.1) is 0 Å². The number of rotatable bonds is 7. The van der Waals surface area contributed by atoms with Crippen LogP contribution in [-0.2, 0) is 11.2 Å². The van der Waals surface area contributed by atoms with Crippen LogP contribution in [0.4, 0.5) is 0 Å². The monoisotopic (exact) mass is 256 g/mol. The van der Waals surface area contributed by atoms with E-state index in [0.717, 1.165) is 25.0 Å². The highest BCUT2D eigenvalue weighted by Crippen LogP contribution is 2.16. The van der Waals surface area contributed by atoms with Gasteiger partial charge in [0.1, 0.15) is 0 Å². The van der Waals surface area contributed by atoms with Crippen LogP contribution in [0.1, 0.15) is 23.7 Å². The van der Waals surface area contributed by atoms with Gasteiger partial charge < -0.3 is 10.5 Å². The van der Waals surface area contributed by atoms with Crippen molar-refractivity contribution in [3.05, 3.63) is 66.0 Å². The molecule has 3 nitrogen and oxygen atoms in total. The SMILES string of the molecule is NCC(OCCCc1ccncc1)c1ccccc1. The number of aromatic nitrogens is 1. The maximum absolute atomic E-state index is 5.86. The molecule has 2 rings (SSSR count). The number of nitrogens with two attached hydrogens (primary N) is 1. The van der Waals surface area contributed by atoms with Gasteiger partial charge in [-0.2, -0.15) is 0 Å². The van der Waals surface area contributed by atoms with Gasteiger partial charge in [-0.15, -0.1) is 0 Å². The van der Waals surface area contributed by atoms with Crippen molar-refractivity contribution in [3.63, 3.8) is 0 Å². The van der Waals surface area contributed by atoms with Crippen molar-refractivity contribution in [3.8, 4) is 0 Å². The van der Waals surface area contributed by atoms with Gasteiger partial charge in [0, 0.05) is 25.5 Å². The van der Waals surface area contributed by atoms with E-state index in [1.54, 1.807) is 0 Å². The first-order valence-corrected chi connectivity index (χ1v) is 6.65. The van der Waals surface area contributed by atoms with Crippen molar-refractivity contribution >= 4 is 0 Å². The molecule has 0 bridgehead atoms. The fraction of sp³-hybridized carbons (Fsp3) is 0.312. The smallest absolute Gasteiger partial charge is 0.0947 e. The summed E-state index contributed by atoms with van der Waals surface area (Å²) in [6.45, 7) is 1.23. The quantitative estimate of drug-likeness (QED) is 0.775. The molecule has 1 aromatic heterocycles. The van der Waals surface area contributed by atoms with E-state index in [1.807, 2.05) is 42.7 Å². The van der Waals surface area contributed by atoms with Crippen molar-refractivity contribution in [2.45, 2.75) is 18.9 Å². The first-order valence-electron chi connectivity index (χ1n) is 6.65. The van der Waals surface area contributed by atoms with Crippen molar-refractivity contribution in [1.82, 2.24) is 4.98 Å². The van der Waals surface area contributed by atoms with E-state index >= 15 is 0 Å². The van der Waals surface area contributed by atoms with Gasteiger partial charge in [0.15, 0.2) is 0 Å². The van der Waals surface area contributed by atoms with E-state index in [4.69, 9.17) is 10.5 Å². The van der Waals surface area contributed by atoms with Crippen molar-refractivity contribution in [1.29, 1.82) is 0 Å². The lowest BCUT2D eigenvalue weighted by molar-refractivity contribution is 0.0571. The Hall–Kier alpha value is -1.71. The third kappa shape index (κ3) is 4.47. The summed E-state index contributed by atoms with van der Waals surface area (Å²) >= 11 is 0. The Bertz CT molecular complexity index is 459. The molecule has 1 atom stereocenters. The number of hydrogen-bond acceptors (Lipinski definition) is 3. The van der Waals surface area contributed by atoms with Gasteiger partial charge in [0.25, 0.3) is 0 Å². The van der Waals surface area contributed by atoms with Crippen LogP contribution in [0.15, 0.2) is 54.9 Å². The molecule has 0 saturated carbocycles. The van der Waals surface area contributed by atoms with Gasteiger partial charge in [-0.3, -0.25) is 4.98 Å². The highest BCUT2D eigenvalue weighted by molar-refractivity contribution is 5.17. The maximum atomic E-state index is 5.86. The molecule has 0 saturated heterocycles. The minimum atomic E-state index is -0.00126. The molecule has 1 unspecified atom stereocenters. The second-order valence-electron chi connectivity index (χ2n) is 4.46. The van der Waals surface area contributed by atoms with Gasteiger partial charge in [-0.1, -0.05) is 30.3 Å². The van der Waals surface area contributed by atoms with Gasteiger partial charge in [0.2, 0.25) is 0 Å². The van der Waals surface area contributed by atoms with Crippen molar-refractivity contribution in [2.24, 2.45) is 5.73 Å². The summed E-state index contributed by atoms with van der Waals surface area (Å²) in [6, 6.07) is 14.2. The first-order chi connectivity index (χ1) is 9.40. The molecule has 0 spiro atoms. The Morgan fingerprint density at radius 2 is 1.79 bits per heavy atom. The van der Waals surface area contributed by atoms with Gasteiger partial charge in [0.05, 0.1) is 6.10 Å². The molecular formula is C16H20N2O. The predicted molar refractivity (Wildman–Crippen MR) is 76.7 cm³/mol. The minimum absolute atomic E-state index is 0.00126. The summed E-state index contributed by atoms with van der Waals surface area (Å²) in [5, 5.41) is 0. The molecule has 3 heteroatoms. The van der Waals surface area contributed by atoms with E-state index in [2.05, 4.69) is 17.1 Å². The summed E-state index contributed by atoms with van der Waals surface area (Å²) in [5.41, 5.74) is 8.21. The average molecular weight is 256 g/mol. The normalized spacial score (nSPS) is 12.3. The molecule has 100 valence electrons. The van der Waals surface area contributed by atoms with Gasteiger partial charge in [-0.25, -0.2) is 0 Å². The first kappa shape index (κ1) is 13.7. The fourth-order valence-corrected chi connectivity index (χ4v) is 2.02. The van der Waals surface area contributed by atoms with E-state index < -0.39 is 0 Å². The van der Waals surface area contributed by atoms with Crippen LogP contribution in [0.25, 0.3) is 0 Å². The molecule has 0 amide bonds. The average Bonchev–Trinajstić information content (AvgIpc) is 2.49. The van der Waals surface area contributed by atoms with Crippen molar-refractivity contribution in [2.75, 3.05) is 13.2 Å². The van der Waals surface area contributed by atoms with E-state index in [-0.39, 0.29) is 6.10 Å². The molecule has 0 fully saturated rings. The van der Waals surface area contributed by atoms with Crippen LogP contribution < -0.4 is 5.73 Å². The van der Waals surface area contributed by atoms with Crippen LogP contribution >= 0.6 is 0 Å². The topological polar surface area (TPSA) is 48.1 Å². The number of hydrogen-bond donors (Lipinski definition) is 1. The number of nitrogens with zero attached hydrogens (tertiary/aromatic N) is 1.